The molecule has 1 atom stereocenters. The maximum atomic E-state index is 11.7. The van der Waals surface area contributed by atoms with E-state index in [-0.39, 0.29) is 12.1 Å². The lowest BCUT2D eigenvalue weighted by Gasteiger charge is -2.29. The Morgan fingerprint density at radius 1 is 1.39 bits per heavy atom. The minimum atomic E-state index is -0.977. The highest BCUT2D eigenvalue weighted by atomic mass is 16.4. The molecule has 2 amide bonds. The minimum Gasteiger partial charge on any atom is -0.480 e. The lowest BCUT2D eigenvalue weighted by molar-refractivity contribution is -0.139. The Labute approximate surface area is 108 Å². The van der Waals surface area contributed by atoms with Gasteiger partial charge < -0.3 is 20.6 Å². The van der Waals surface area contributed by atoms with Gasteiger partial charge in [-0.2, -0.15) is 0 Å². The number of carboxylic acid groups (broad SMARTS) is 1. The van der Waals surface area contributed by atoms with E-state index in [1.807, 2.05) is 6.92 Å². The number of aliphatic carboxylic acids is 1. The number of amides is 2. The molecule has 0 aromatic rings. The summed E-state index contributed by atoms with van der Waals surface area (Å²) < 4.78 is 0. The minimum absolute atomic E-state index is 0.150. The van der Waals surface area contributed by atoms with Crippen molar-refractivity contribution in [2.45, 2.75) is 44.7 Å². The number of nitrogens with one attached hydrogen (secondary N) is 2. The zero-order chi connectivity index (χ0) is 13.5. The highest BCUT2D eigenvalue weighted by molar-refractivity contribution is 5.82. The molecule has 1 rings (SSSR count). The molecule has 1 fully saturated rings. The van der Waals surface area contributed by atoms with Gasteiger partial charge in [0.05, 0.1) is 0 Å². The molecule has 6 heteroatoms. The summed E-state index contributed by atoms with van der Waals surface area (Å²) in [6, 6.07) is -1.01. The molecule has 0 radical (unpaired) electrons. The predicted molar refractivity (Wildman–Crippen MR) is 68.5 cm³/mol. The molecule has 1 aliphatic rings. The SMILES string of the molecule is CCC[C@@H](NC(=O)NC1CCN(C)CC1)C(=O)O. The Balaban J connectivity index is 2.33. The average Bonchev–Trinajstić information content (AvgIpc) is 2.31. The molecule has 104 valence electrons. The molecular weight excluding hydrogens is 234 g/mol. The summed E-state index contributed by atoms with van der Waals surface area (Å²) in [5, 5.41) is 14.3. The van der Waals surface area contributed by atoms with Gasteiger partial charge in [0.2, 0.25) is 0 Å². The third-order valence-corrected chi connectivity index (χ3v) is 3.23. The molecule has 1 heterocycles. The fraction of sp³-hybridized carbons (Fsp3) is 0.833. The Morgan fingerprint density at radius 3 is 2.50 bits per heavy atom. The van der Waals surface area contributed by atoms with Crippen LogP contribution < -0.4 is 10.6 Å². The molecule has 18 heavy (non-hydrogen) atoms. The number of carbonyl (C=O) groups is 2. The van der Waals surface area contributed by atoms with E-state index in [2.05, 4.69) is 22.6 Å². The highest BCUT2D eigenvalue weighted by Crippen LogP contribution is 2.08. The van der Waals surface area contributed by atoms with E-state index in [0.29, 0.717) is 6.42 Å². The molecule has 1 aliphatic heterocycles. The van der Waals surface area contributed by atoms with Crippen LogP contribution in [0.25, 0.3) is 0 Å². The van der Waals surface area contributed by atoms with Crippen molar-refractivity contribution in [3.63, 3.8) is 0 Å². The van der Waals surface area contributed by atoms with Crippen LogP contribution in [0.3, 0.4) is 0 Å². The van der Waals surface area contributed by atoms with Crippen molar-refractivity contribution in [1.29, 1.82) is 0 Å². The van der Waals surface area contributed by atoms with Crippen LogP contribution in [0.1, 0.15) is 32.6 Å². The van der Waals surface area contributed by atoms with Crippen LogP contribution in [0.4, 0.5) is 4.79 Å². The van der Waals surface area contributed by atoms with Crippen molar-refractivity contribution in [1.82, 2.24) is 15.5 Å². The third-order valence-electron chi connectivity index (χ3n) is 3.23. The van der Waals surface area contributed by atoms with Gasteiger partial charge in [0.1, 0.15) is 6.04 Å². The fourth-order valence-corrected chi connectivity index (χ4v) is 2.08. The maximum Gasteiger partial charge on any atom is 0.326 e. The number of nitrogens with zero attached hydrogens (tertiary/aromatic N) is 1. The first-order valence-electron chi connectivity index (χ1n) is 6.51. The standard InChI is InChI=1S/C12H23N3O3/c1-3-4-10(11(16)17)14-12(18)13-9-5-7-15(2)8-6-9/h9-10H,3-8H2,1-2H3,(H,16,17)(H2,13,14,18)/t10-/m1/s1. The number of rotatable bonds is 5. The van der Waals surface area contributed by atoms with Gasteiger partial charge >= 0.3 is 12.0 Å². The number of hydrogen-bond acceptors (Lipinski definition) is 3. The van der Waals surface area contributed by atoms with Gasteiger partial charge in [0.15, 0.2) is 0 Å². The number of hydrogen-bond donors (Lipinski definition) is 3. The quantitative estimate of drug-likeness (QED) is 0.675. The lowest BCUT2D eigenvalue weighted by atomic mass is 10.1. The van der Waals surface area contributed by atoms with Crippen molar-refractivity contribution < 1.29 is 14.7 Å². The number of carboxylic acids is 1. The maximum absolute atomic E-state index is 11.7. The van der Waals surface area contributed by atoms with E-state index in [1.165, 1.54) is 0 Å². The van der Waals surface area contributed by atoms with Crippen LogP contribution in [0.5, 0.6) is 0 Å². The molecular formula is C12H23N3O3. The number of carbonyl (C=O) groups excluding carboxylic acids is 1. The molecule has 6 nitrogen and oxygen atoms in total. The molecule has 0 aromatic carbocycles. The van der Waals surface area contributed by atoms with Gasteiger partial charge in [-0.05, 0) is 39.4 Å². The first kappa shape index (κ1) is 14.8. The normalized spacial score (nSPS) is 19.2. The first-order chi connectivity index (χ1) is 8.52. The Bertz CT molecular complexity index is 288. The van der Waals surface area contributed by atoms with E-state index in [9.17, 15) is 9.59 Å². The van der Waals surface area contributed by atoms with Gasteiger partial charge in [-0.15, -0.1) is 0 Å². The summed E-state index contributed by atoms with van der Waals surface area (Å²) in [7, 11) is 2.05. The Kier molecular flexibility index (Phi) is 5.91. The van der Waals surface area contributed by atoms with Crippen LogP contribution in [-0.2, 0) is 4.79 Å². The highest BCUT2D eigenvalue weighted by Gasteiger charge is 2.22. The van der Waals surface area contributed by atoms with E-state index < -0.39 is 12.0 Å². The fourth-order valence-electron chi connectivity index (χ4n) is 2.08. The van der Waals surface area contributed by atoms with Crippen LogP contribution >= 0.6 is 0 Å². The zero-order valence-corrected chi connectivity index (χ0v) is 11.1. The number of piperidine rings is 1. The summed E-state index contributed by atoms with van der Waals surface area (Å²) in [5.74, 6) is -0.977. The second kappa shape index (κ2) is 7.20. The van der Waals surface area contributed by atoms with Crippen molar-refractivity contribution in [3.05, 3.63) is 0 Å². The zero-order valence-electron chi connectivity index (χ0n) is 11.1. The summed E-state index contributed by atoms with van der Waals surface area (Å²) in [5.41, 5.74) is 0. The van der Waals surface area contributed by atoms with Gasteiger partial charge in [0, 0.05) is 6.04 Å². The average molecular weight is 257 g/mol. The second-order valence-corrected chi connectivity index (χ2v) is 4.87. The molecule has 0 aliphatic carbocycles. The van der Waals surface area contributed by atoms with Gasteiger partial charge in [0.25, 0.3) is 0 Å². The van der Waals surface area contributed by atoms with Crippen molar-refractivity contribution in [3.8, 4) is 0 Å². The molecule has 0 bridgehead atoms. The van der Waals surface area contributed by atoms with Crippen LogP contribution in [0.15, 0.2) is 0 Å². The van der Waals surface area contributed by atoms with Gasteiger partial charge in [-0.25, -0.2) is 9.59 Å². The Morgan fingerprint density at radius 2 is 2.00 bits per heavy atom. The lowest BCUT2D eigenvalue weighted by Crippen LogP contribution is -2.51. The van der Waals surface area contributed by atoms with E-state index in [0.717, 1.165) is 32.4 Å². The van der Waals surface area contributed by atoms with E-state index in [1.54, 1.807) is 0 Å². The summed E-state index contributed by atoms with van der Waals surface area (Å²) in [4.78, 5) is 24.8. The molecule has 0 aromatic heterocycles. The number of urea groups is 1. The van der Waals surface area contributed by atoms with Gasteiger partial charge in [-0.1, -0.05) is 13.3 Å². The number of likely N-dealkylation sites (tertiary alicyclic amines) is 1. The molecule has 3 N–H and O–H groups in total. The van der Waals surface area contributed by atoms with Crippen LogP contribution in [-0.4, -0.2) is 54.2 Å². The van der Waals surface area contributed by atoms with Crippen molar-refractivity contribution in [2.24, 2.45) is 0 Å². The molecule has 0 unspecified atom stereocenters. The summed E-state index contributed by atoms with van der Waals surface area (Å²) >= 11 is 0. The van der Waals surface area contributed by atoms with E-state index >= 15 is 0 Å². The van der Waals surface area contributed by atoms with Gasteiger partial charge in [-0.3, -0.25) is 0 Å². The van der Waals surface area contributed by atoms with E-state index in [4.69, 9.17) is 5.11 Å². The molecule has 0 spiro atoms. The van der Waals surface area contributed by atoms with Crippen LogP contribution in [0.2, 0.25) is 0 Å². The molecule has 0 saturated carbocycles. The van der Waals surface area contributed by atoms with Crippen LogP contribution in [0, 0.1) is 0 Å². The second-order valence-electron chi connectivity index (χ2n) is 4.87. The predicted octanol–water partition coefficient (Wildman–Crippen LogP) is 0.633. The molecule has 1 saturated heterocycles. The third kappa shape index (κ3) is 4.91. The summed E-state index contributed by atoms with van der Waals surface area (Å²) in [6.07, 6.45) is 3.01. The first-order valence-corrected chi connectivity index (χ1v) is 6.51. The van der Waals surface area contributed by atoms with Crippen molar-refractivity contribution >= 4 is 12.0 Å². The topological polar surface area (TPSA) is 81.7 Å². The summed E-state index contributed by atoms with van der Waals surface area (Å²) in [6.45, 7) is 3.82. The smallest absolute Gasteiger partial charge is 0.326 e. The Hall–Kier alpha value is -1.30. The largest absolute Gasteiger partial charge is 0.480 e. The monoisotopic (exact) mass is 257 g/mol. The van der Waals surface area contributed by atoms with Crippen molar-refractivity contribution in [2.75, 3.05) is 20.1 Å².